The normalized spacial score (nSPS) is 13.1. The van der Waals surface area contributed by atoms with Crippen molar-refractivity contribution < 1.29 is 9.84 Å². The molecule has 0 spiro atoms. The van der Waals surface area contributed by atoms with E-state index >= 15 is 0 Å². The van der Waals surface area contributed by atoms with Gasteiger partial charge in [-0.1, -0.05) is 60.7 Å². The topological polar surface area (TPSA) is 29.5 Å². The van der Waals surface area contributed by atoms with Crippen molar-refractivity contribution in [2.75, 3.05) is 7.11 Å². The zero-order chi connectivity index (χ0) is 13.9. The Kier molecular flexibility index (Phi) is 4.07. The molecule has 3 heteroatoms. The molecule has 0 unspecified atom stereocenters. The molecule has 1 N–H and O–H groups in total. The van der Waals surface area contributed by atoms with E-state index in [0.29, 0.717) is 0 Å². The molecular formula is C16H20O2Si. The first-order valence-electron chi connectivity index (χ1n) is 6.43. The maximum absolute atomic E-state index is 10.7. The maximum Gasteiger partial charge on any atom is 0.118 e. The van der Waals surface area contributed by atoms with Gasteiger partial charge in [0.1, 0.15) is 13.8 Å². The average Bonchev–Trinajstić information content (AvgIpc) is 2.47. The Morgan fingerprint density at radius 2 is 1.53 bits per heavy atom. The predicted octanol–water partition coefficient (Wildman–Crippen LogP) is 2.88. The van der Waals surface area contributed by atoms with Gasteiger partial charge < -0.3 is 9.84 Å². The monoisotopic (exact) mass is 272 g/mol. The molecule has 19 heavy (non-hydrogen) atoms. The van der Waals surface area contributed by atoms with Crippen LogP contribution in [0.5, 0.6) is 5.75 Å². The fourth-order valence-corrected chi connectivity index (χ4v) is 4.62. The first kappa shape index (κ1) is 13.8. The lowest BCUT2D eigenvalue weighted by Gasteiger charge is -2.29. The van der Waals surface area contributed by atoms with Crippen molar-refractivity contribution in [1.82, 2.24) is 0 Å². The summed E-state index contributed by atoms with van der Waals surface area (Å²) < 4.78 is 5.15. The Hall–Kier alpha value is -1.58. The molecule has 1 atom stereocenters. The molecule has 2 aromatic carbocycles. The first-order valence-corrected chi connectivity index (χ1v) is 9.51. The molecule has 0 saturated carbocycles. The minimum absolute atomic E-state index is 0.416. The predicted molar refractivity (Wildman–Crippen MR) is 81.5 cm³/mol. The van der Waals surface area contributed by atoms with E-state index in [-0.39, 0.29) is 0 Å². The van der Waals surface area contributed by atoms with Gasteiger partial charge in [0.25, 0.3) is 0 Å². The molecule has 0 aliphatic carbocycles. The van der Waals surface area contributed by atoms with E-state index in [9.17, 15) is 5.11 Å². The molecule has 0 amide bonds. The summed E-state index contributed by atoms with van der Waals surface area (Å²) in [5.74, 6) is 0.815. The van der Waals surface area contributed by atoms with E-state index in [1.165, 1.54) is 5.19 Å². The van der Waals surface area contributed by atoms with Gasteiger partial charge >= 0.3 is 0 Å². The number of hydrogen-bond acceptors (Lipinski definition) is 2. The molecule has 0 aromatic heterocycles. The fraction of sp³-hybridized carbons (Fsp3) is 0.250. The molecule has 0 radical (unpaired) electrons. The summed E-state index contributed by atoms with van der Waals surface area (Å²) in [6.07, 6.45) is 0. The molecule has 100 valence electrons. The van der Waals surface area contributed by atoms with Gasteiger partial charge in [-0.2, -0.15) is 0 Å². The molecule has 0 fully saturated rings. The minimum Gasteiger partial charge on any atom is -0.497 e. The third kappa shape index (κ3) is 2.88. The lowest BCUT2D eigenvalue weighted by Crippen LogP contribution is -2.47. The van der Waals surface area contributed by atoms with Gasteiger partial charge in [0, 0.05) is 0 Å². The van der Waals surface area contributed by atoms with Crippen molar-refractivity contribution in [1.29, 1.82) is 0 Å². The van der Waals surface area contributed by atoms with E-state index in [1.807, 2.05) is 42.5 Å². The Labute approximate surface area is 115 Å². The quantitative estimate of drug-likeness (QED) is 0.867. The van der Waals surface area contributed by atoms with Crippen molar-refractivity contribution >= 4 is 13.3 Å². The molecule has 0 heterocycles. The molecule has 2 rings (SSSR count). The smallest absolute Gasteiger partial charge is 0.118 e. The molecule has 0 aliphatic heterocycles. The number of aliphatic hydroxyl groups is 1. The third-order valence-corrected chi connectivity index (χ3v) is 7.15. The highest BCUT2D eigenvalue weighted by molar-refractivity contribution is 6.90. The van der Waals surface area contributed by atoms with E-state index in [4.69, 9.17) is 4.74 Å². The highest BCUT2D eigenvalue weighted by atomic mass is 28.3. The molecule has 0 bridgehead atoms. The van der Waals surface area contributed by atoms with Crippen LogP contribution in [0.4, 0.5) is 0 Å². The Bertz CT molecular complexity index is 520. The Morgan fingerprint density at radius 3 is 2.05 bits per heavy atom. The summed E-state index contributed by atoms with van der Waals surface area (Å²) in [4.78, 5) is 0. The standard InChI is InChI=1S/C16H20O2Si/c1-18-14-11-9-13(10-12-14)16(17)19(2,3)15-7-5-4-6-8-15/h4-12,16-17H,1-3H3/t16-/m0/s1. The minimum atomic E-state index is -1.94. The van der Waals surface area contributed by atoms with Crippen LogP contribution in [0.2, 0.25) is 13.1 Å². The van der Waals surface area contributed by atoms with Gasteiger partial charge in [-0.25, -0.2) is 0 Å². The van der Waals surface area contributed by atoms with Crippen molar-refractivity contribution in [3.8, 4) is 5.75 Å². The molecule has 2 aromatic rings. The van der Waals surface area contributed by atoms with Crippen LogP contribution in [0, 0.1) is 0 Å². The first-order chi connectivity index (χ1) is 9.05. The van der Waals surface area contributed by atoms with Crippen molar-refractivity contribution in [3.05, 3.63) is 60.2 Å². The summed E-state index contributed by atoms with van der Waals surface area (Å²) in [5.41, 5.74) is 0.544. The van der Waals surface area contributed by atoms with Gasteiger partial charge in [0.2, 0.25) is 0 Å². The van der Waals surface area contributed by atoms with Crippen LogP contribution < -0.4 is 9.92 Å². The average molecular weight is 272 g/mol. The second kappa shape index (κ2) is 5.59. The van der Waals surface area contributed by atoms with Crippen LogP contribution in [0.25, 0.3) is 0 Å². The largest absolute Gasteiger partial charge is 0.497 e. The lowest BCUT2D eigenvalue weighted by atomic mass is 10.2. The molecule has 2 nitrogen and oxygen atoms in total. The van der Waals surface area contributed by atoms with E-state index in [1.54, 1.807) is 7.11 Å². The fourth-order valence-electron chi connectivity index (χ4n) is 2.23. The van der Waals surface area contributed by atoms with Gasteiger partial charge in [-0.3, -0.25) is 0 Å². The van der Waals surface area contributed by atoms with Gasteiger partial charge in [-0.15, -0.1) is 0 Å². The highest BCUT2D eigenvalue weighted by Crippen LogP contribution is 2.25. The maximum atomic E-state index is 10.7. The van der Waals surface area contributed by atoms with Crippen LogP contribution in [0.3, 0.4) is 0 Å². The number of ether oxygens (including phenoxy) is 1. The Morgan fingerprint density at radius 1 is 0.947 bits per heavy atom. The summed E-state index contributed by atoms with van der Waals surface area (Å²) in [5, 5.41) is 11.9. The van der Waals surface area contributed by atoms with Gasteiger partial charge in [0.05, 0.1) is 12.8 Å². The zero-order valence-corrected chi connectivity index (χ0v) is 12.6. The number of benzene rings is 2. The second-order valence-corrected chi connectivity index (χ2v) is 9.83. The highest BCUT2D eigenvalue weighted by Gasteiger charge is 2.33. The second-order valence-electron chi connectivity index (χ2n) is 5.26. The summed E-state index contributed by atoms with van der Waals surface area (Å²) in [7, 11) is -0.290. The number of methoxy groups -OCH3 is 1. The van der Waals surface area contributed by atoms with Crippen LogP contribution in [0.1, 0.15) is 11.3 Å². The van der Waals surface area contributed by atoms with Crippen molar-refractivity contribution in [2.24, 2.45) is 0 Å². The van der Waals surface area contributed by atoms with Crippen molar-refractivity contribution in [3.63, 3.8) is 0 Å². The summed E-state index contributed by atoms with van der Waals surface area (Å²) in [6, 6.07) is 18.0. The summed E-state index contributed by atoms with van der Waals surface area (Å²) >= 11 is 0. The summed E-state index contributed by atoms with van der Waals surface area (Å²) in [6.45, 7) is 4.38. The number of rotatable bonds is 4. The van der Waals surface area contributed by atoms with Crippen LogP contribution in [-0.2, 0) is 0 Å². The van der Waals surface area contributed by atoms with E-state index in [0.717, 1.165) is 11.3 Å². The van der Waals surface area contributed by atoms with Crippen LogP contribution in [0.15, 0.2) is 54.6 Å². The number of aliphatic hydroxyl groups excluding tert-OH is 1. The zero-order valence-electron chi connectivity index (χ0n) is 11.6. The van der Waals surface area contributed by atoms with E-state index in [2.05, 4.69) is 25.2 Å². The van der Waals surface area contributed by atoms with E-state index < -0.39 is 13.8 Å². The molecule has 0 saturated heterocycles. The molecule has 0 aliphatic rings. The SMILES string of the molecule is COc1ccc([C@@H](O)[Si](C)(C)c2ccccc2)cc1. The van der Waals surface area contributed by atoms with Crippen LogP contribution >= 0.6 is 0 Å². The Balaban J connectivity index is 2.29. The third-order valence-electron chi connectivity index (χ3n) is 3.63. The van der Waals surface area contributed by atoms with Crippen molar-refractivity contribution in [2.45, 2.75) is 18.8 Å². The lowest BCUT2D eigenvalue weighted by molar-refractivity contribution is 0.251. The molecular weight excluding hydrogens is 252 g/mol. The number of hydrogen-bond donors (Lipinski definition) is 1. The van der Waals surface area contributed by atoms with Gasteiger partial charge in [-0.05, 0) is 17.7 Å². The van der Waals surface area contributed by atoms with Crippen LogP contribution in [-0.4, -0.2) is 20.3 Å². The van der Waals surface area contributed by atoms with Gasteiger partial charge in [0.15, 0.2) is 0 Å².